The van der Waals surface area contributed by atoms with Gasteiger partial charge in [0.05, 0.1) is 5.25 Å². The van der Waals surface area contributed by atoms with E-state index in [4.69, 9.17) is 0 Å². The average molecular weight is 265 g/mol. The maximum Gasteiger partial charge on any atom is 0.218 e. The summed E-state index contributed by atoms with van der Waals surface area (Å²) in [5.74, 6) is 2.44. The first-order valence-electron chi connectivity index (χ1n) is 5.94. The van der Waals surface area contributed by atoms with E-state index in [1.54, 1.807) is 16.1 Å². The molecule has 1 aliphatic heterocycles. The Kier molecular flexibility index (Phi) is 5.13. The number of nitrogens with zero attached hydrogens (tertiary/aromatic N) is 1. The number of sulfonamides is 1. The fourth-order valence-corrected chi connectivity index (χ4v) is 5.64. The van der Waals surface area contributed by atoms with E-state index in [-0.39, 0.29) is 11.3 Å². The number of rotatable bonds is 5. The Hall–Kier alpha value is 0.260. The van der Waals surface area contributed by atoms with Crippen LogP contribution in [0.4, 0.5) is 0 Å². The lowest BCUT2D eigenvalue weighted by molar-refractivity contribution is 0.381. The molecule has 1 saturated heterocycles. The van der Waals surface area contributed by atoms with Crippen LogP contribution in [0.5, 0.6) is 0 Å². The molecule has 1 heterocycles. The Morgan fingerprint density at radius 2 is 1.94 bits per heavy atom. The molecule has 1 rings (SSSR count). The zero-order chi connectivity index (χ0) is 12.3. The van der Waals surface area contributed by atoms with Crippen LogP contribution < -0.4 is 0 Å². The van der Waals surface area contributed by atoms with Crippen molar-refractivity contribution in [1.82, 2.24) is 4.31 Å². The Morgan fingerprint density at radius 1 is 1.31 bits per heavy atom. The zero-order valence-corrected chi connectivity index (χ0v) is 12.3. The minimum Gasteiger partial charge on any atom is -0.212 e. The van der Waals surface area contributed by atoms with Gasteiger partial charge in [-0.25, -0.2) is 8.42 Å². The van der Waals surface area contributed by atoms with Gasteiger partial charge in [0.25, 0.3) is 0 Å². The minimum absolute atomic E-state index is 0.102. The van der Waals surface area contributed by atoms with Crippen LogP contribution in [0, 0.1) is 5.92 Å². The van der Waals surface area contributed by atoms with Crippen molar-refractivity contribution in [2.75, 3.05) is 18.1 Å². The van der Waals surface area contributed by atoms with Gasteiger partial charge in [0.2, 0.25) is 10.0 Å². The second-order valence-corrected chi connectivity index (χ2v) is 8.33. The number of hydrogen-bond donors (Lipinski definition) is 0. The molecule has 5 heteroatoms. The quantitative estimate of drug-likeness (QED) is 0.764. The first-order valence-corrected chi connectivity index (χ1v) is 8.60. The molecule has 1 fully saturated rings. The summed E-state index contributed by atoms with van der Waals surface area (Å²) in [4.78, 5) is 0. The first-order chi connectivity index (χ1) is 7.35. The van der Waals surface area contributed by atoms with Crippen LogP contribution in [0.25, 0.3) is 0 Å². The van der Waals surface area contributed by atoms with Crippen molar-refractivity contribution in [3.8, 4) is 0 Å². The maximum absolute atomic E-state index is 12.1. The van der Waals surface area contributed by atoms with Crippen LogP contribution in [-0.2, 0) is 10.0 Å². The lowest BCUT2D eigenvalue weighted by atomic mass is 10.3. The summed E-state index contributed by atoms with van der Waals surface area (Å²) in [5.41, 5.74) is 0. The van der Waals surface area contributed by atoms with Gasteiger partial charge in [0, 0.05) is 18.3 Å². The number of thioether (sulfide) groups is 1. The van der Waals surface area contributed by atoms with Crippen LogP contribution in [0.2, 0.25) is 0 Å². The Balaban J connectivity index is 2.52. The van der Waals surface area contributed by atoms with Gasteiger partial charge in [-0.3, -0.25) is 0 Å². The van der Waals surface area contributed by atoms with Crippen LogP contribution in [0.1, 0.15) is 34.1 Å². The van der Waals surface area contributed by atoms with Gasteiger partial charge in [-0.15, -0.1) is 0 Å². The van der Waals surface area contributed by atoms with Crippen molar-refractivity contribution in [2.24, 2.45) is 5.92 Å². The normalized spacial score (nSPS) is 25.8. The van der Waals surface area contributed by atoms with E-state index >= 15 is 0 Å². The van der Waals surface area contributed by atoms with Gasteiger partial charge in [0.15, 0.2) is 0 Å². The second kappa shape index (κ2) is 5.74. The molecule has 0 aromatic rings. The van der Waals surface area contributed by atoms with Gasteiger partial charge in [-0.05, 0) is 31.9 Å². The zero-order valence-electron chi connectivity index (χ0n) is 10.6. The minimum atomic E-state index is -3.01. The molecule has 0 radical (unpaired) electrons. The summed E-state index contributed by atoms with van der Waals surface area (Å²) in [5, 5.41) is -0.154. The molecule has 0 spiro atoms. The smallest absolute Gasteiger partial charge is 0.212 e. The molecule has 96 valence electrons. The van der Waals surface area contributed by atoms with Gasteiger partial charge in [-0.2, -0.15) is 16.1 Å². The van der Waals surface area contributed by atoms with Crippen molar-refractivity contribution in [1.29, 1.82) is 0 Å². The van der Waals surface area contributed by atoms with Crippen molar-refractivity contribution in [2.45, 2.75) is 45.4 Å². The van der Waals surface area contributed by atoms with Crippen molar-refractivity contribution >= 4 is 21.8 Å². The molecule has 16 heavy (non-hydrogen) atoms. The molecular weight excluding hydrogens is 242 g/mol. The fourth-order valence-electron chi connectivity index (χ4n) is 1.90. The van der Waals surface area contributed by atoms with Gasteiger partial charge < -0.3 is 0 Å². The molecule has 3 nitrogen and oxygen atoms in total. The van der Waals surface area contributed by atoms with E-state index in [1.807, 2.05) is 13.8 Å². The van der Waals surface area contributed by atoms with Gasteiger partial charge >= 0.3 is 0 Å². The summed E-state index contributed by atoms with van der Waals surface area (Å²) in [7, 11) is -3.01. The van der Waals surface area contributed by atoms with E-state index < -0.39 is 10.0 Å². The van der Waals surface area contributed by atoms with Crippen LogP contribution >= 0.6 is 11.8 Å². The summed E-state index contributed by atoms with van der Waals surface area (Å²) < 4.78 is 25.9. The predicted octanol–water partition coefficient (Wildman–Crippen LogP) is 2.19. The summed E-state index contributed by atoms with van der Waals surface area (Å²) in [6, 6.07) is 0.102. The summed E-state index contributed by atoms with van der Waals surface area (Å²) in [6.07, 6.45) is 0.797. The van der Waals surface area contributed by atoms with Gasteiger partial charge in [0.1, 0.15) is 0 Å². The van der Waals surface area contributed by atoms with E-state index in [9.17, 15) is 8.42 Å². The number of hydrogen-bond acceptors (Lipinski definition) is 3. The largest absolute Gasteiger partial charge is 0.218 e. The highest BCUT2D eigenvalue weighted by molar-refractivity contribution is 8.00. The molecular formula is C11H23NO2S2. The Labute approximate surface area is 104 Å². The Morgan fingerprint density at radius 3 is 2.38 bits per heavy atom. The molecule has 1 atom stereocenters. The highest BCUT2D eigenvalue weighted by atomic mass is 32.2. The monoisotopic (exact) mass is 265 g/mol. The van der Waals surface area contributed by atoms with E-state index in [0.717, 1.165) is 17.9 Å². The highest BCUT2D eigenvalue weighted by Crippen LogP contribution is 2.27. The molecule has 0 aromatic carbocycles. The van der Waals surface area contributed by atoms with Crippen LogP contribution in [0.3, 0.4) is 0 Å². The molecule has 0 aromatic heterocycles. The molecule has 1 unspecified atom stereocenters. The average Bonchev–Trinajstić information content (AvgIpc) is 2.41. The summed E-state index contributed by atoms with van der Waals surface area (Å²) >= 11 is 1.77. The predicted molar refractivity (Wildman–Crippen MR) is 71.3 cm³/mol. The molecule has 1 aliphatic rings. The van der Waals surface area contributed by atoms with Crippen LogP contribution in [0.15, 0.2) is 0 Å². The topological polar surface area (TPSA) is 37.4 Å². The van der Waals surface area contributed by atoms with Crippen LogP contribution in [-0.4, -0.2) is 42.1 Å². The van der Waals surface area contributed by atoms with Crippen molar-refractivity contribution in [3.63, 3.8) is 0 Å². The maximum atomic E-state index is 12.1. The standard InChI is InChI=1S/C11H23NO2S2/c1-9(2)7-15-8-11-5-6-12(10(3)4)16(11,13)14/h9-11H,5-8H2,1-4H3. The molecule has 0 saturated carbocycles. The molecule has 0 amide bonds. The lowest BCUT2D eigenvalue weighted by Crippen LogP contribution is -2.35. The molecule has 0 N–H and O–H groups in total. The SMILES string of the molecule is CC(C)CSCC1CCN(C(C)C)S1(=O)=O. The lowest BCUT2D eigenvalue weighted by Gasteiger charge is -2.20. The summed E-state index contributed by atoms with van der Waals surface area (Å²) in [6.45, 7) is 8.92. The Bertz CT molecular complexity index is 312. The molecule has 0 aliphatic carbocycles. The van der Waals surface area contributed by atoms with Crippen molar-refractivity contribution in [3.05, 3.63) is 0 Å². The third-order valence-corrected chi connectivity index (χ3v) is 7.00. The van der Waals surface area contributed by atoms with E-state index in [0.29, 0.717) is 12.5 Å². The van der Waals surface area contributed by atoms with E-state index in [1.165, 1.54) is 0 Å². The highest BCUT2D eigenvalue weighted by Gasteiger charge is 2.39. The van der Waals surface area contributed by atoms with E-state index in [2.05, 4.69) is 13.8 Å². The van der Waals surface area contributed by atoms with Crippen molar-refractivity contribution < 1.29 is 8.42 Å². The van der Waals surface area contributed by atoms with Gasteiger partial charge in [-0.1, -0.05) is 13.8 Å². The second-order valence-electron chi connectivity index (χ2n) is 5.09. The first kappa shape index (κ1) is 14.3. The fraction of sp³-hybridized carbons (Fsp3) is 1.00. The molecule has 0 bridgehead atoms. The third kappa shape index (κ3) is 3.37. The third-order valence-electron chi connectivity index (χ3n) is 2.75.